The zero-order chi connectivity index (χ0) is 28.0. The highest BCUT2D eigenvalue weighted by Gasteiger charge is 2.33. The molecule has 0 radical (unpaired) electrons. The van der Waals surface area contributed by atoms with Crippen molar-refractivity contribution in [3.8, 4) is 0 Å². The Hall–Kier alpha value is -3.07. The van der Waals surface area contributed by atoms with E-state index in [4.69, 9.17) is 23.2 Å². The molecule has 0 aliphatic carbocycles. The number of rotatable bonds is 10. The van der Waals surface area contributed by atoms with Crippen LogP contribution >= 0.6 is 23.2 Å². The fraction of sp³-hybridized carbons (Fsp3) is 0.286. The van der Waals surface area contributed by atoms with Gasteiger partial charge in [-0.05, 0) is 69.7 Å². The molecule has 0 aromatic heterocycles. The number of halogens is 2. The molecule has 2 amide bonds. The third-order valence-electron chi connectivity index (χ3n) is 5.89. The van der Waals surface area contributed by atoms with Crippen LogP contribution in [-0.2, 0) is 26.2 Å². The molecule has 1 atom stereocenters. The van der Waals surface area contributed by atoms with Gasteiger partial charge in [-0.15, -0.1) is 0 Å². The van der Waals surface area contributed by atoms with Crippen molar-refractivity contribution >= 4 is 50.7 Å². The van der Waals surface area contributed by atoms with E-state index in [2.05, 4.69) is 5.32 Å². The number of amides is 2. The smallest absolute Gasteiger partial charge is 0.264 e. The zero-order valence-corrected chi connectivity index (χ0v) is 24.0. The maximum atomic E-state index is 13.9. The van der Waals surface area contributed by atoms with E-state index in [0.29, 0.717) is 21.3 Å². The molecule has 0 saturated carbocycles. The number of nitrogens with one attached hydrogen (secondary N) is 1. The molecule has 3 aromatic carbocycles. The number of carbonyl (C=O) groups is 2. The molecule has 0 bridgehead atoms. The molecule has 202 valence electrons. The lowest BCUT2D eigenvalue weighted by Crippen LogP contribution is -2.52. The van der Waals surface area contributed by atoms with Gasteiger partial charge < -0.3 is 10.2 Å². The van der Waals surface area contributed by atoms with Gasteiger partial charge in [0.2, 0.25) is 11.8 Å². The topological polar surface area (TPSA) is 86.8 Å². The Morgan fingerprint density at radius 2 is 1.50 bits per heavy atom. The summed E-state index contributed by atoms with van der Waals surface area (Å²) in [7, 11) is -4.12. The van der Waals surface area contributed by atoms with Crippen LogP contribution in [0.5, 0.6) is 0 Å². The van der Waals surface area contributed by atoms with E-state index in [0.717, 1.165) is 9.87 Å². The second-order valence-corrected chi connectivity index (χ2v) is 11.9. The molecule has 1 N–H and O–H groups in total. The lowest BCUT2D eigenvalue weighted by molar-refractivity contribution is -0.139. The van der Waals surface area contributed by atoms with Crippen molar-refractivity contribution in [1.29, 1.82) is 0 Å². The first kappa shape index (κ1) is 29.5. The van der Waals surface area contributed by atoms with Crippen molar-refractivity contribution in [3.05, 3.63) is 94.0 Å². The predicted molar refractivity (Wildman–Crippen MR) is 152 cm³/mol. The molecule has 10 heteroatoms. The highest BCUT2D eigenvalue weighted by molar-refractivity contribution is 7.92. The van der Waals surface area contributed by atoms with Gasteiger partial charge in [0.1, 0.15) is 12.6 Å². The minimum Gasteiger partial charge on any atom is -0.352 e. The second-order valence-electron chi connectivity index (χ2n) is 9.22. The normalized spacial score (nSPS) is 12.2. The van der Waals surface area contributed by atoms with Crippen molar-refractivity contribution in [1.82, 2.24) is 10.2 Å². The number of aryl methyl sites for hydroxylation is 1. The van der Waals surface area contributed by atoms with Crippen LogP contribution in [0.2, 0.25) is 10.0 Å². The van der Waals surface area contributed by atoms with Gasteiger partial charge in [0.15, 0.2) is 0 Å². The Balaban J connectivity index is 2.06. The lowest BCUT2D eigenvalue weighted by Gasteiger charge is -2.32. The molecule has 0 spiro atoms. The summed E-state index contributed by atoms with van der Waals surface area (Å²) < 4.78 is 28.6. The summed E-state index contributed by atoms with van der Waals surface area (Å²) in [6, 6.07) is 18.7. The van der Waals surface area contributed by atoms with Gasteiger partial charge in [0.05, 0.1) is 10.6 Å². The first-order valence-electron chi connectivity index (χ1n) is 12.1. The molecule has 7 nitrogen and oxygen atoms in total. The average Bonchev–Trinajstić information content (AvgIpc) is 2.86. The van der Waals surface area contributed by atoms with Crippen LogP contribution in [-0.4, -0.2) is 43.8 Å². The summed E-state index contributed by atoms with van der Waals surface area (Å²) in [5.41, 5.74) is 1.62. The largest absolute Gasteiger partial charge is 0.352 e. The summed E-state index contributed by atoms with van der Waals surface area (Å²) in [5.74, 6) is -0.974. The highest BCUT2D eigenvalue weighted by Crippen LogP contribution is 2.28. The Morgan fingerprint density at radius 1 is 0.895 bits per heavy atom. The zero-order valence-electron chi connectivity index (χ0n) is 21.7. The lowest BCUT2D eigenvalue weighted by atomic mass is 10.1. The van der Waals surface area contributed by atoms with Crippen molar-refractivity contribution in [2.75, 3.05) is 10.8 Å². The first-order valence-corrected chi connectivity index (χ1v) is 14.3. The van der Waals surface area contributed by atoms with Crippen molar-refractivity contribution in [2.24, 2.45) is 0 Å². The van der Waals surface area contributed by atoms with Crippen LogP contribution in [0.3, 0.4) is 0 Å². The van der Waals surface area contributed by atoms with Crippen LogP contribution in [0.25, 0.3) is 0 Å². The Kier molecular flexibility index (Phi) is 9.82. The standard InChI is InChI=1S/C28H31Cl2N3O4S/c1-19(2)31-28(35)21(4)32(17-24-25(29)14-9-15-26(24)30)27(34)18-33(22-11-8-10-20(3)16-22)38(36,37)23-12-6-5-7-13-23/h5-16,19,21H,17-18H2,1-4H3,(H,31,35)/t21-/m0/s1. The Bertz CT molecular complexity index is 1380. The summed E-state index contributed by atoms with van der Waals surface area (Å²) in [4.78, 5) is 28.2. The summed E-state index contributed by atoms with van der Waals surface area (Å²) in [6.45, 7) is 6.42. The van der Waals surface area contributed by atoms with E-state index in [-0.39, 0.29) is 23.4 Å². The monoisotopic (exact) mass is 575 g/mol. The second kappa shape index (κ2) is 12.7. The fourth-order valence-electron chi connectivity index (χ4n) is 3.87. The van der Waals surface area contributed by atoms with Gasteiger partial charge in [-0.2, -0.15) is 0 Å². The quantitative estimate of drug-likeness (QED) is 0.348. The third-order valence-corrected chi connectivity index (χ3v) is 8.38. The number of anilines is 1. The molecule has 3 rings (SSSR count). The Labute approximate surface area is 234 Å². The van der Waals surface area contributed by atoms with Gasteiger partial charge in [-0.25, -0.2) is 8.42 Å². The van der Waals surface area contributed by atoms with Crippen LogP contribution in [0.1, 0.15) is 31.9 Å². The van der Waals surface area contributed by atoms with Crippen LogP contribution in [0, 0.1) is 6.92 Å². The van der Waals surface area contributed by atoms with E-state index in [1.54, 1.807) is 61.5 Å². The molecular formula is C28H31Cl2N3O4S. The number of nitrogens with zero attached hydrogens (tertiary/aromatic N) is 2. The SMILES string of the molecule is Cc1cccc(N(CC(=O)N(Cc2c(Cl)cccc2Cl)[C@@H](C)C(=O)NC(C)C)S(=O)(=O)c2ccccc2)c1. The number of hydrogen-bond acceptors (Lipinski definition) is 4. The van der Waals surface area contributed by atoms with E-state index >= 15 is 0 Å². The third kappa shape index (κ3) is 7.07. The highest BCUT2D eigenvalue weighted by atomic mass is 35.5. The Morgan fingerprint density at radius 3 is 2.08 bits per heavy atom. The van der Waals surface area contributed by atoms with Gasteiger partial charge in [-0.3, -0.25) is 13.9 Å². The van der Waals surface area contributed by atoms with Crippen LogP contribution in [0.4, 0.5) is 5.69 Å². The minimum absolute atomic E-state index is 0.0422. The molecule has 0 unspecified atom stereocenters. The number of sulfonamides is 1. The maximum Gasteiger partial charge on any atom is 0.264 e. The predicted octanol–water partition coefficient (Wildman–Crippen LogP) is 5.44. The summed E-state index contributed by atoms with van der Waals surface area (Å²) >= 11 is 12.8. The van der Waals surface area contributed by atoms with Crippen LogP contribution < -0.4 is 9.62 Å². The van der Waals surface area contributed by atoms with Gasteiger partial charge >= 0.3 is 0 Å². The van der Waals surface area contributed by atoms with Crippen molar-refractivity contribution in [2.45, 2.75) is 51.2 Å². The molecule has 38 heavy (non-hydrogen) atoms. The van der Waals surface area contributed by atoms with Gasteiger partial charge in [0.25, 0.3) is 10.0 Å². The summed E-state index contributed by atoms with van der Waals surface area (Å²) in [5, 5.41) is 3.48. The molecule has 0 aliphatic heterocycles. The maximum absolute atomic E-state index is 13.9. The molecule has 0 fully saturated rings. The molecular weight excluding hydrogens is 545 g/mol. The fourth-order valence-corrected chi connectivity index (χ4v) is 5.82. The average molecular weight is 577 g/mol. The van der Waals surface area contributed by atoms with Crippen LogP contribution in [0.15, 0.2) is 77.7 Å². The van der Waals surface area contributed by atoms with E-state index in [1.807, 2.05) is 26.8 Å². The van der Waals surface area contributed by atoms with E-state index in [1.165, 1.54) is 17.0 Å². The minimum atomic E-state index is -4.12. The molecule has 3 aromatic rings. The van der Waals surface area contributed by atoms with Crippen molar-refractivity contribution < 1.29 is 18.0 Å². The van der Waals surface area contributed by atoms with Crippen molar-refractivity contribution in [3.63, 3.8) is 0 Å². The van der Waals surface area contributed by atoms with Gasteiger partial charge in [0, 0.05) is 28.2 Å². The van der Waals surface area contributed by atoms with E-state index < -0.39 is 28.5 Å². The summed E-state index contributed by atoms with van der Waals surface area (Å²) in [6.07, 6.45) is 0. The number of carbonyl (C=O) groups excluding carboxylic acids is 2. The molecule has 0 aliphatic rings. The van der Waals surface area contributed by atoms with Gasteiger partial charge in [-0.1, -0.05) is 59.6 Å². The molecule has 0 heterocycles. The van der Waals surface area contributed by atoms with E-state index in [9.17, 15) is 18.0 Å². The molecule has 0 saturated heterocycles. The number of hydrogen-bond donors (Lipinski definition) is 1. The number of benzene rings is 3. The first-order chi connectivity index (χ1) is 17.9.